The average molecular weight is 311 g/mol. The number of anilines is 1. The van der Waals surface area contributed by atoms with Crippen molar-refractivity contribution in [3.05, 3.63) is 17.0 Å². The minimum absolute atomic E-state index is 0.103. The van der Waals surface area contributed by atoms with E-state index in [1.165, 1.54) is 25.7 Å². The maximum atomic E-state index is 6.15. The van der Waals surface area contributed by atoms with Crippen molar-refractivity contribution < 1.29 is 0 Å². The predicted octanol–water partition coefficient (Wildman–Crippen LogP) is 3.71. The van der Waals surface area contributed by atoms with Crippen LogP contribution in [0.5, 0.6) is 0 Å². The summed E-state index contributed by atoms with van der Waals surface area (Å²) in [7, 11) is 4.33. The molecule has 1 heterocycles. The van der Waals surface area contributed by atoms with E-state index in [9.17, 15) is 0 Å². The van der Waals surface area contributed by atoms with E-state index in [-0.39, 0.29) is 11.0 Å². The van der Waals surface area contributed by atoms with Crippen LogP contribution in [0, 0.1) is 0 Å². The first kappa shape index (κ1) is 16.5. The Kier molecular flexibility index (Phi) is 4.79. The van der Waals surface area contributed by atoms with Gasteiger partial charge in [0.2, 0.25) is 0 Å². The third kappa shape index (κ3) is 3.86. The molecule has 1 saturated carbocycles. The van der Waals surface area contributed by atoms with Crippen LogP contribution in [0.15, 0.2) is 6.07 Å². The molecular weight excluding hydrogens is 284 g/mol. The summed E-state index contributed by atoms with van der Waals surface area (Å²) in [6.45, 7) is 7.19. The van der Waals surface area contributed by atoms with Gasteiger partial charge in [-0.1, -0.05) is 45.2 Å². The molecule has 0 saturated heterocycles. The molecule has 1 aliphatic rings. The van der Waals surface area contributed by atoms with E-state index in [0.717, 1.165) is 18.2 Å². The quantitative estimate of drug-likeness (QED) is 0.861. The number of halogens is 1. The van der Waals surface area contributed by atoms with E-state index >= 15 is 0 Å². The van der Waals surface area contributed by atoms with Crippen LogP contribution < -0.4 is 5.32 Å². The molecule has 2 rings (SSSR count). The molecule has 0 aliphatic heterocycles. The third-order valence-corrected chi connectivity index (χ3v) is 4.64. The predicted molar refractivity (Wildman–Crippen MR) is 89.1 cm³/mol. The van der Waals surface area contributed by atoms with Crippen LogP contribution in [-0.2, 0) is 5.41 Å². The Morgan fingerprint density at radius 2 is 1.86 bits per heavy atom. The van der Waals surface area contributed by atoms with Crippen molar-refractivity contribution in [3.63, 3.8) is 0 Å². The van der Waals surface area contributed by atoms with Crippen LogP contribution >= 0.6 is 11.6 Å². The summed E-state index contributed by atoms with van der Waals surface area (Å²) < 4.78 is 0. The largest absolute Gasteiger partial charge is 0.368 e. The molecule has 1 aliphatic carbocycles. The number of hydrogen-bond acceptors (Lipinski definition) is 4. The van der Waals surface area contributed by atoms with Gasteiger partial charge in [-0.15, -0.1) is 0 Å². The van der Waals surface area contributed by atoms with E-state index in [0.29, 0.717) is 5.15 Å². The van der Waals surface area contributed by atoms with Crippen molar-refractivity contribution in [2.75, 3.05) is 26.0 Å². The molecule has 0 unspecified atom stereocenters. The molecular formula is C16H27ClN4. The normalized spacial score (nSPS) is 18.2. The minimum Gasteiger partial charge on any atom is -0.368 e. The molecule has 0 amide bonds. The van der Waals surface area contributed by atoms with Crippen molar-refractivity contribution in [1.82, 2.24) is 14.9 Å². The number of rotatable bonds is 4. The lowest BCUT2D eigenvalue weighted by atomic mass is 9.95. The SMILES string of the molecule is CN(C)C1(CNc2cc(Cl)nc(C(C)(C)C)n2)CCCC1. The first-order valence-corrected chi connectivity index (χ1v) is 8.07. The fraction of sp³-hybridized carbons (Fsp3) is 0.750. The fourth-order valence-corrected chi connectivity index (χ4v) is 3.10. The second-order valence-electron chi connectivity index (χ2n) is 7.33. The van der Waals surface area contributed by atoms with E-state index in [2.05, 4.69) is 55.1 Å². The van der Waals surface area contributed by atoms with Crippen LogP contribution in [0.4, 0.5) is 5.82 Å². The minimum atomic E-state index is -0.103. The first-order valence-electron chi connectivity index (χ1n) is 7.69. The molecule has 0 spiro atoms. The molecule has 118 valence electrons. The van der Waals surface area contributed by atoms with Gasteiger partial charge < -0.3 is 10.2 Å². The Morgan fingerprint density at radius 3 is 2.38 bits per heavy atom. The van der Waals surface area contributed by atoms with Crippen LogP contribution in [0.3, 0.4) is 0 Å². The summed E-state index contributed by atoms with van der Waals surface area (Å²) in [5.41, 5.74) is 0.132. The Balaban J connectivity index is 2.14. The molecule has 1 fully saturated rings. The lowest BCUT2D eigenvalue weighted by Crippen LogP contribution is -2.47. The maximum Gasteiger partial charge on any atom is 0.137 e. The highest BCUT2D eigenvalue weighted by atomic mass is 35.5. The fourth-order valence-electron chi connectivity index (χ4n) is 2.91. The molecule has 1 aromatic heterocycles. The smallest absolute Gasteiger partial charge is 0.137 e. The van der Waals surface area contributed by atoms with Crippen molar-refractivity contribution in [3.8, 4) is 0 Å². The zero-order valence-electron chi connectivity index (χ0n) is 13.8. The Bertz CT molecular complexity index is 488. The summed E-state index contributed by atoms with van der Waals surface area (Å²) in [4.78, 5) is 11.3. The number of nitrogens with zero attached hydrogens (tertiary/aromatic N) is 3. The van der Waals surface area contributed by atoms with Gasteiger partial charge in [-0.05, 0) is 26.9 Å². The van der Waals surface area contributed by atoms with Gasteiger partial charge in [0.05, 0.1) is 0 Å². The van der Waals surface area contributed by atoms with Gasteiger partial charge in [-0.25, -0.2) is 9.97 Å². The first-order chi connectivity index (χ1) is 9.73. The molecule has 0 bridgehead atoms. The molecule has 0 radical (unpaired) electrons. The molecule has 1 N–H and O–H groups in total. The number of hydrogen-bond donors (Lipinski definition) is 1. The maximum absolute atomic E-state index is 6.15. The molecule has 21 heavy (non-hydrogen) atoms. The van der Waals surface area contributed by atoms with E-state index in [1.54, 1.807) is 0 Å². The van der Waals surface area contributed by atoms with E-state index in [1.807, 2.05) is 6.07 Å². The number of aromatic nitrogens is 2. The summed E-state index contributed by atoms with van der Waals surface area (Å²) >= 11 is 6.15. The Labute approximate surface area is 133 Å². The Hall–Kier alpha value is -0.870. The highest BCUT2D eigenvalue weighted by molar-refractivity contribution is 6.29. The van der Waals surface area contributed by atoms with Crippen molar-refractivity contribution in [2.24, 2.45) is 0 Å². The van der Waals surface area contributed by atoms with E-state index < -0.39 is 0 Å². The molecule has 5 heteroatoms. The zero-order valence-corrected chi connectivity index (χ0v) is 14.6. The van der Waals surface area contributed by atoms with Crippen molar-refractivity contribution in [2.45, 2.75) is 57.4 Å². The molecule has 0 aromatic carbocycles. The van der Waals surface area contributed by atoms with Gasteiger partial charge in [-0.3, -0.25) is 0 Å². The summed E-state index contributed by atoms with van der Waals surface area (Å²) in [5, 5.41) is 3.99. The third-order valence-electron chi connectivity index (χ3n) is 4.45. The van der Waals surface area contributed by atoms with Gasteiger partial charge in [0.1, 0.15) is 16.8 Å². The topological polar surface area (TPSA) is 41.0 Å². The highest BCUT2D eigenvalue weighted by Crippen LogP contribution is 2.34. The second kappa shape index (κ2) is 6.09. The molecule has 4 nitrogen and oxygen atoms in total. The van der Waals surface area contributed by atoms with Crippen molar-refractivity contribution in [1.29, 1.82) is 0 Å². The van der Waals surface area contributed by atoms with Gasteiger partial charge in [-0.2, -0.15) is 0 Å². The highest BCUT2D eigenvalue weighted by Gasteiger charge is 2.35. The van der Waals surface area contributed by atoms with Gasteiger partial charge >= 0.3 is 0 Å². The van der Waals surface area contributed by atoms with Crippen LogP contribution in [0.2, 0.25) is 5.15 Å². The summed E-state index contributed by atoms with van der Waals surface area (Å²) in [6, 6.07) is 1.81. The van der Waals surface area contributed by atoms with Crippen LogP contribution in [-0.4, -0.2) is 41.0 Å². The number of likely N-dealkylation sites (N-methyl/N-ethyl adjacent to an activating group) is 1. The monoisotopic (exact) mass is 310 g/mol. The van der Waals surface area contributed by atoms with Crippen LogP contribution in [0.1, 0.15) is 52.3 Å². The zero-order chi connectivity index (χ0) is 15.7. The standard InChI is InChI=1S/C16H27ClN4/c1-15(2,3)14-19-12(17)10-13(20-14)18-11-16(21(4)5)8-6-7-9-16/h10H,6-9,11H2,1-5H3,(H,18,19,20). The number of nitrogens with one attached hydrogen (secondary N) is 1. The van der Waals surface area contributed by atoms with Crippen LogP contribution in [0.25, 0.3) is 0 Å². The van der Waals surface area contributed by atoms with Crippen molar-refractivity contribution >= 4 is 17.4 Å². The summed E-state index contributed by atoms with van der Waals surface area (Å²) in [5.74, 6) is 1.61. The van der Waals surface area contributed by atoms with Gasteiger partial charge in [0.25, 0.3) is 0 Å². The summed E-state index contributed by atoms with van der Waals surface area (Å²) in [6.07, 6.45) is 5.07. The van der Waals surface area contributed by atoms with Gasteiger partial charge in [0, 0.05) is 23.6 Å². The average Bonchev–Trinajstić information content (AvgIpc) is 2.85. The molecule has 0 atom stereocenters. The second-order valence-corrected chi connectivity index (χ2v) is 7.72. The lowest BCUT2D eigenvalue weighted by Gasteiger charge is -2.36. The van der Waals surface area contributed by atoms with E-state index in [4.69, 9.17) is 11.6 Å². The molecule has 1 aromatic rings. The Morgan fingerprint density at radius 1 is 1.24 bits per heavy atom. The lowest BCUT2D eigenvalue weighted by molar-refractivity contribution is 0.172. The van der Waals surface area contributed by atoms with Gasteiger partial charge in [0.15, 0.2) is 0 Å².